The lowest BCUT2D eigenvalue weighted by molar-refractivity contribution is -0.118. The molecule has 184 valence electrons. The highest BCUT2D eigenvalue weighted by molar-refractivity contribution is 7.18. The van der Waals surface area contributed by atoms with Gasteiger partial charge < -0.3 is 24.3 Å². The molecule has 1 amide bonds. The number of benzene rings is 2. The average Bonchev–Trinajstić information content (AvgIpc) is 3.18. The van der Waals surface area contributed by atoms with Gasteiger partial charge in [-0.1, -0.05) is 30.3 Å². The topological polar surface area (TPSA) is 100 Å². The molecule has 1 N–H and O–H groups in total. The number of carbonyl (C=O) groups is 3. The van der Waals surface area contributed by atoms with Crippen LogP contribution in [0.15, 0.2) is 54.6 Å². The summed E-state index contributed by atoms with van der Waals surface area (Å²) in [4.78, 5) is 38.1. The highest BCUT2D eigenvalue weighted by atomic mass is 32.1. The van der Waals surface area contributed by atoms with E-state index in [4.69, 9.17) is 18.9 Å². The molecule has 0 spiro atoms. The maximum Gasteiger partial charge on any atom is 0.349 e. The molecule has 0 aliphatic heterocycles. The summed E-state index contributed by atoms with van der Waals surface area (Å²) < 4.78 is 21.5. The SMILES string of the molecule is CCOC(=O)c1c(NC(=O)COc2ccc(OCC)cc2)sc(C(=O)OCc2ccccc2)c1C. The van der Waals surface area contributed by atoms with E-state index in [0.717, 1.165) is 16.9 Å². The highest BCUT2D eigenvalue weighted by Gasteiger charge is 2.27. The zero-order valence-corrected chi connectivity index (χ0v) is 20.6. The summed E-state index contributed by atoms with van der Waals surface area (Å²) in [5, 5.41) is 2.86. The van der Waals surface area contributed by atoms with Gasteiger partial charge in [0.2, 0.25) is 0 Å². The van der Waals surface area contributed by atoms with E-state index in [2.05, 4.69) is 5.32 Å². The van der Waals surface area contributed by atoms with Crippen LogP contribution in [0, 0.1) is 6.92 Å². The summed E-state index contributed by atoms with van der Waals surface area (Å²) in [5.74, 6) is -0.528. The van der Waals surface area contributed by atoms with Crippen molar-refractivity contribution in [3.63, 3.8) is 0 Å². The number of rotatable bonds is 11. The van der Waals surface area contributed by atoms with Gasteiger partial charge in [-0.3, -0.25) is 4.79 Å². The third kappa shape index (κ3) is 7.07. The Labute approximate surface area is 207 Å². The van der Waals surface area contributed by atoms with Crippen molar-refractivity contribution in [1.82, 2.24) is 0 Å². The number of amides is 1. The minimum atomic E-state index is -0.633. The van der Waals surface area contributed by atoms with E-state index in [9.17, 15) is 14.4 Å². The lowest BCUT2D eigenvalue weighted by Gasteiger charge is -2.09. The molecule has 0 saturated heterocycles. The van der Waals surface area contributed by atoms with Gasteiger partial charge in [0.1, 0.15) is 28.0 Å². The van der Waals surface area contributed by atoms with Crippen molar-refractivity contribution in [3.05, 3.63) is 76.2 Å². The van der Waals surface area contributed by atoms with Gasteiger partial charge in [-0.2, -0.15) is 0 Å². The lowest BCUT2D eigenvalue weighted by atomic mass is 10.1. The number of hydrogen-bond donors (Lipinski definition) is 1. The first-order valence-electron chi connectivity index (χ1n) is 11.1. The van der Waals surface area contributed by atoms with E-state index in [0.29, 0.717) is 23.7 Å². The molecule has 8 nitrogen and oxygen atoms in total. The van der Waals surface area contributed by atoms with Crippen molar-refractivity contribution in [2.24, 2.45) is 0 Å². The lowest BCUT2D eigenvalue weighted by Crippen LogP contribution is -2.21. The summed E-state index contributed by atoms with van der Waals surface area (Å²) in [5.41, 5.74) is 1.34. The van der Waals surface area contributed by atoms with E-state index >= 15 is 0 Å². The Morgan fingerprint density at radius 3 is 2.11 bits per heavy atom. The molecule has 3 aromatic rings. The van der Waals surface area contributed by atoms with Gasteiger partial charge in [0.15, 0.2) is 6.61 Å². The summed E-state index contributed by atoms with van der Waals surface area (Å²) in [6.45, 7) is 5.68. The fourth-order valence-electron chi connectivity index (χ4n) is 3.14. The summed E-state index contributed by atoms with van der Waals surface area (Å²) in [6.07, 6.45) is 0. The molecule has 1 heterocycles. The molecule has 0 bridgehead atoms. The molecule has 0 atom stereocenters. The first kappa shape index (κ1) is 25.8. The van der Waals surface area contributed by atoms with Crippen LogP contribution in [0.4, 0.5) is 5.00 Å². The Hall–Kier alpha value is -3.85. The van der Waals surface area contributed by atoms with Crippen molar-refractivity contribution in [2.75, 3.05) is 25.1 Å². The molecule has 9 heteroatoms. The molecule has 35 heavy (non-hydrogen) atoms. The monoisotopic (exact) mass is 497 g/mol. The van der Waals surface area contributed by atoms with Crippen molar-refractivity contribution in [1.29, 1.82) is 0 Å². The second-order valence-electron chi connectivity index (χ2n) is 7.28. The molecule has 0 aliphatic rings. The van der Waals surface area contributed by atoms with Crippen molar-refractivity contribution in [3.8, 4) is 11.5 Å². The third-order valence-corrected chi connectivity index (χ3v) is 5.97. The van der Waals surface area contributed by atoms with E-state index < -0.39 is 17.8 Å². The van der Waals surface area contributed by atoms with Gasteiger partial charge >= 0.3 is 11.9 Å². The van der Waals surface area contributed by atoms with Crippen molar-refractivity contribution >= 4 is 34.2 Å². The van der Waals surface area contributed by atoms with Crippen LogP contribution in [0.2, 0.25) is 0 Å². The smallest absolute Gasteiger partial charge is 0.349 e. The summed E-state index contributed by atoms with van der Waals surface area (Å²) in [7, 11) is 0. The minimum absolute atomic E-state index is 0.0867. The zero-order valence-electron chi connectivity index (χ0n) is 19.8. The van der Waals surface area contributed by atoms with Crippen LogP contribution >= 0.6 is 11.3 Å². The van der Waals surface area contributed by atoms with E-state index in [1.165, 1.54) is 0 Å². The van der Waals surface area contributed by atoms with Crippen molar-refractivity contribution in [2.45, 2.75) is 27.4 Å². The van der Waals surface area contributed by atoms with Gasteiger partial charge in [-0.05, 0) is 56.2 Å². The fraction of sp³-hybridized carbons (Fsp3) is 0.269. The standard InChI is InChI=1S/C26H27NO7S/c1-4-31-19-11-13-20(14-12-19)33-16-21(28)27-24-22(25(29)32-5-2)17(3)23(35-24)26(30)34-15-18-9-7-6-8-10-18/h6-14H,4-5,15-16H2,1-3H3,(H,27,28). The predicted molar refractivity (Wildman–Crippen MR) is 132 cm³/mol. The molecular weight excluding hydrogens is 470 g/mol. The number of hydrogen-bond acceptors (Lipinski definition) is 8. The van der Waals surface area contributed by atoms with Crippen LogP contribution in [0.5, 0.6) is 11.5 Å². The minimum Gasteiger partial charge on any atom is -0.494 e. The van der Waals surface area contributed by atoms with Crippen LogP contribution in [0.1, 0.15) is 45.0 Å². The normalized spacial score (nSPS) is 10.4. The largest absolute Gasteiger partial charge is 0.494 e. The van der Waals surface area contributed by atoms with Crippen LogP contribution in [0.3, 0.4) is 0 Å². The van der Waals surface area contributed by atoms with Gasteiger partial charge in [0.05, 0.1) is 18.8 Å². The first-order valence-corrected chi connectivity index (χ1v) is 11.9. The molecule has 0 saturated carbocycles. The number of anilines is 1. The quantitative estimate of drug-likeness (QED) is 0.372. The first-order chi connectivity index (χ1) is 16.9. The number of thiophene rings is 1. The predicted octanol–water partition coefficient (Wildman–Crippen LogP) is 5.01. The molecule has 0 unspecified atom stereocenters. The van der Waals surface area contributed by atoms with Gasteiger partial charge in [0, 0.05) is 0 Å². The number of nitrogens with one attached hydrogen (secondary N) is 1. The Morgan fingerprint density at radius 2 is 1.49 bits per heavy atom. The van der Waals surface area contributed by atoms with E-state index in [1.54, 1.807) is 38.1 Å². The highest BCUT2D eigenvalue weighted by Crippen LogP contribution is 2.34. The Balaban J connectivity index is 1.71. The second kappa shape index (κ2) is 12.6. The molecule has 2 aromatic carbocycles. The van der Waals surface area contributed by atoms with Crippen LogP contribution in [-0.2, 0) is 20.9 Å². The number of carbonyl (C=O) groups excluding carboxylic acids is 3. The zero-order chi connectivity index (χ0) is 25.2. The number of ether oxygens (including phenoxy) is 4. The van der Waals surface area contributed by atoms with Gasteiger partial charge in [-0.15, -0.1) is 11.3 Å². The van der Waals surface area contributed by atoms with Crippen molar-refractivity contribution < 1.29 is 33.3 Å². The number of esters is 2. The van der Waals surface area contributed by atoms with Gasteiger partial charge in [0.25, 0.3) is 5.91 Å². The molecule has 0 fully saturated rings. The van der Waals surface area contributed by atoms with E-state index in [-0.39, 0.29) is 35.3 Å². The molecule has 1 aromatic heterocycles. The van der Waals surface area contributed by atoms with Crippen LogP contribution < -0.4 is 14.8 Å². The summed E-state index contributed by atoms with van der Waals surface area (Å²) in [6, 6.07) is 16.1. The summed E-state index contributed by atoms with van der Waals surface area (Å²) >= 11 is 0.962. The average molecular weight is 498 g/mol. The maximum atomic E-state index is 12.7. The maximum absolute atomic E-state index is 12.7. The molecule has 3 rings (SSSR count). The van der Waals surface area contributed by atoms with Crippen LogP contribution in [0.25, 0.3) is 0 Å². The molecular formula is C26H27NO7S. The Morgan fingerprint density at radius 1 is 0.829 bits per heavy atom. The Kier molecular flexibility index (Phi) is 9.25. The molecule has 0 aliphatic carbocycles. The third-order valence-electron chi connectivity index (χ3n) is 4.78. The molecule has 0 radical (unpaired) electrons. The second-order valence-corrected chi connectivity index (χ2v) is 8.30. The fourth-order valence-corrected chi connectivity index (χ4v) is 4.25. The van der Waals surface area contributed by atoms with Crippen LogP contribution in [-0.4, -0.2) is 37.7 Å². The van der Waals surface area contributed by atoms with E-state index in [1.807, 2.05) is 37.3 Å². The Bertz CT molecular complexity index is 1160. The van der Waals surface area contributed by atoms with Gasteiger partial charge in [-0.25, -0.2) is 9.59 Å².